The number of aliphatic hydroxyl groups excluding tert-OH is 1. The van der Waals surface area contributed by atoms with Gasteiger partial charge >= 0.3 is 11.9 Å². The van der Waals surface area contributed by atoms with Crippen LogP contribution in [0.15, 0.2) is 11.6 Å². The van der Waals surface area contributed by atoms with Crippen molar-refractivity contribution in [2.24, 2.45) is 5.92 Å². The van der Waals surface area contributed by atoms with Crippen LogP contribution in [0.25, 0.3) is 0 Å². The summed E-state index contributed by atoms with van der Waals surface area (Å²) < 4.78 is 5.50. The molecule has 0 heterocycles. The maximum atomic E-state index is 12.5. The standard InChI is InChI=1S/C32H52O8S/c1-3-4-13-18-32(2,39)22-41-31-25(27(34)21-28(31)35)15-10-6-8-12-17-30(38)40-24-19-23(26(33)20-24)14-9-5-7-11-16-29(36)37/h19,24-25,28,31,35,39H,3-18,20-22H2,1-2H3,(H,36,37). The van der Waals surface area contributed by atoms with Crippen LogP contribution in [0.4, 0.5) is 0 Å². The molecule has 0 spiro atoms. The largest absolute Gasteiger partial charge is 0.481 e. The number of carboxylic acids is 1. The lowest BCUT2D eigenvalue weighted by atomic mass is 9.98. The van der Waals surface area contributed by atoms with Gasteiger partial charge in [-0.1, -0.05) is 58.3 Å². The summed E-state index contributed by atoms with van der Waals surface area (Å²) in [7, 11) is 0. The Morgan fingerprint density at radius 1 is 0.976 bits per heavy atom. The topological polar surface area (TPSA) is 138 Å². The van der Waals surface area contributed by atoms with E-state index in [0.717, 1.165) is 64.2 Å². The van der Waals surface area contributed by atoms with Crippen molar-refractivity contribution in [3.8, 4) is 0 Å². The average molecular weight is 597 g/mol. The first-order valence-electron chi connectivity index (χ1n) is 15.7. The van der Waals surface area contributed by atoms with Crippen molar-refractivity contribution in [1.29, 1.82) is 0 Å². The molecular weight excluding hydrogens is 544 g/mol. The average Bonchev–Trinajstić information content (AvgIpc) is 3.38. The fourth-order valence-corrected chi connectivity index (χ4v) is 7.26. The van der Waals surface area contributed by atoms with Gasteiger partial charge in [-0.05, 0) is 57.1 Å². The first-order valence-corrected chi connectivity index (χ1v) is 16.8. The van der Waals surface area contributed by atoms with E-state index in [9.17, 15) is 29.4 Å². The van der Waals surface area contributed by atoms with E-state index < -0.39 is 23.8 Å². The number of aliphatic carboxylic acids is 1. The summed E-state index contributed by atoms with van der Waals surface area (Å²) in [5, 5.41) is 29.7. The molecule has 2 aliphatic rings. The Labute approximate surface area is 250 Å². The minimum atomic E-state index is -0.794. The minimum Gasteiger partial charge on any atom is -0.481 e. The zero-order valence-corrected chi connectivity index (χ0v) is 25.9. The molecule has 0 saturated heterocycles. The van der Waals surface area contributed by atoms with Crippen LogP contribution in [0.1, 0.15) is 129 Å². The van der Waals surface area contributed by atoms with E-state index in [1.807, 2.05) is 6.92 Å². The molecule has 1 saturated carbocycles. The number of Topliss-reactive ketones (excluding diaryl/α,β-unsaturated/α-hetero) is 2. The molecule has 3 N–H and O–H groups in total. The van der Waals surface area contributed by atoms with Gasteiger partial charge < -0.3 is 20.1 Å². The second-order valence-corrected chi connectivity index (χ2v) is 13.3. The Kier molecular flexibility index (Phi) is 16.2. The second kappa shape index (κ2) is 18.7. The number of carbonyl (C=O) groups excluding carboxylic acids is 3. The Morgan fingerprint density at radius 3 is 2.37 bits per heavy atom. The molecule has 0 aromatic carbocycles. The summed E-state index contributed by atoms with van der Waals surface area (Å²) in [5.41, 5.74) is -0.0814. The number of aliphatic hydroxyl groups is 2. The monoisotopic (exact) mass is 596 g/mol. The SMILES string of the molecule is CCCCCC(C)(O)CSC1C(O)CC(=O)C1CCCCCCC(=O)OC1C=C(CCCCCCC(=O)O)C(=O)C1. The number of hydrogen-bond acceptors (Lipinski definition) is 8. The molecule has 2 aliphatic carbocycles. The van der Waals surface area contributed by atoms with Gasteiger partial charge in [0.15, 0.2) is 5.78 Å². The number of unbranched alkanes of at least 4 members (excludes halogenated alkanes) is 8. The molecule has 41 heavy (non-hydrogen) atoms. The molecule has 0 radical (unpaired) electrons. The molecule has 0 amide bonds. The van der Waals surface area contributed by atoms with Gasteiger partial charge in [0, 0.05) is 36.2 Å². The second-order valence-electron chi connectivity index (χ2n) is 12.2. The summed E-state index contributed by atoms with van der Waals surface area (Å²) in [6, 6.07) is 0. The van der Waals surface area contributed by atoms with Gasteiger partial charge in [0.05, 0.1) is 18.1 Å². The number of allylic oxidation sites excluding steroid dienone is 1. The van der Waals surface area contributed by atoms with Gasteiger partial charge in [0.25, 0.3) is 0 Å². The quantitative estimate of drug-likeness (QED) is 0.102. The summed E-state index contributed by atoms with van der Waals surface area (Å²) in [6.45, 7) is 3.97. The van der Waals surface area contributed by atoms with E-state index in [1.165, 1.54) is 11.8 Å². The molecule has 5 unspecified atom stereocenters. The van der Waals surface area contributed by atoms with Gasteiger partial charge in [-0.25, -0.2) is 0 Å². The van der Waals surface area contributed by atoms with E-state index in [2.05, 4.69) is 6.92 Å². The Morgan fingerprint density at radius 2 is 1.66 bits per heavy atom. The number of carbonyl (C=O) groups is 4. The minimum absolute atomic E-state index is 0.0245. The molecule has 0 bridgehead atoms. The lowest BCUT2D eigenvalue weighted by Gasteiger charge is -2.27. The predicted molar refractivity (Wildman–Crippen MR) is 161 cm³/mol. The number of carboxylic acid groups (broad SMARTS) is 1. The zero-order valence-electron chi connectivity index (χ0n) is 25.1. The molecule has 9 heteroatoms. The van der Waals surface area contributed by atoms with Gasteiger partial charge in [0.2, 0.25) is 0 Å². The number of esters is 1. The molecule has 2 rings (SSSR count). The molecule has 5 atom stereocenters. The number of ether oxygens (including phenoxy) is 1. The van der Waals surface area contributed by atoms with Crippen LogP contribution in [0.5, 0.6) is 0 Å². The smallest absolute Gasteiger partial charge is 0.306 e. The third-order valence-corrected chi connectivity index (χ3v) is 9.97. The van der Waals surface area contributed by atoms with Crippen molar-refractivity contribution in [1.82, 2.24) is 0 Å². The number of thioether (sulfide) groups is 1. The van der Waals surface area contributed by atoms with Crippen LogP contribution < -0.4 is 0 Å². The summed E-state index contributed by atoms with van der Waals surface area (Å²) in [4.78, 5) is 47.6. The zero-order chi connectivity index (χ0) is 30.3. The highest BCUT2D eigenvalue weighted by atomic mass is 32.2. The van der Waals surface area contributed by atoms with Gasteiger partial charge in [-0.15, -0.1) is 0 Å². The number of hydrogen-bond donors (Lipinski definition) is 3. The first kappa shape index (κ1) is 35.5. The predicted octanol–water partition coefficient (Wildman–Crippen LogP) is 5.95. The summed E-state index contributed by atoms with van der Waals surface area (Å²) in [6.07, 6.45) is 13.2. The van der Waals surface area contributed by atoms with Crippen LogP contribution in [0.2, 0.25) is 0 Å². The van der Waals surface area contributed by atoms with E-state index in [0.29, 0.717) is 43.4 Å². The highest BCUT2D eigenvalue weighted by Crippen LogP contribution is 2.38. The van der Waals surface area contributed by atoms with Crippen LogP contribution >= 0.6 is 11.8 Å². The fraction of sp³-hybridized carbons (Fsp3) is 0.812. The third kappa shape index (κ3) is 13.9. The summed E-state index contributed by atoms with van der Waals surface area (Å²) in [5.74, 6) is -0.616. The first-order chi connectivity index (χ1) is 19.5. The molecule has 234 valence electrons. The Balaban J connectivity index is 1.61. The van der Waals surface area contributed by atoms with Gasteiger partial charge in [-0.3, -0.25) is 19.2 Å². The molecule has 8 nitrogen and oxygen atoms in total. The lowest BCUT2D eigenvalue weighted by molar-refractivity contribution is -0.147. The van der Waals surface area contributed by atoms with Crippen LogP contribution in [-0.4, -0.2) is 67.6 Å². The number of rotatable bonds is 22. The normalized spacial score (nSPS) is 24.0. The maximum absolute atomic E-state index is 12.5. The molecule has 0 aliphatic heterocycles. The van der Waals surface area contributed by atoms with Gasteiger partial charge in [-0.2, -0.15) is 11.8 Å². The van der Waals surface area contributed by atoms with Crippen molar-refractivity contribution >= 4 is 35.3 Å². The highest BCUT2D eigenvalue weighted by molar-refractivity contribution is 8.00. The third-order valence-electron chi connectivity index (χ3n) is 8.15. The van der Waals surface area contributed by atoms with Crippen LogP contribution in [-0.2, 0) is 23.9 Å². The molecule has 0 aromatic heterocycles. The van der Waals surface area contributed by atoms with Crippen molar-refractivity contribution in [2.75, 3.05) is 5.75 Å². The van der Waals surface area contributed by atoms with Crippen molar-refractivity contribution in [3.05, 3.63) is 11.6 Å². The van der Waals surface area contributed by atoms with E-state index >= 15 is 0 Å². The summed E-state index contributed by atoms with van der Waals surface area (Å²) >= 11 is 1.53. The van der Waals surface area contributed by atoms with E-state index in [1.54, 1.807) is 6.08 Å². The molecule has 1 fully saturated rings. The van der Waals surface area contributed by atoms with Crippen molar-refractivity contribution in [3.63, 3.8) is 0 Å². The van der Waals surface area contributed by atoms with Gasteiger partial charge in [0.1, 0.15) is 11.9 Å². The molecule has 0 aromatic rings. The fourth-order valence-electron chi connectivity index (χ4n) is 5.73. The van der Waals surface area contributed by atoms with Crippen molar-refractivity contribution in [2.45, 2.75) is 152 Å². The van der Waals surface area contributed by atoms with E-state index in [4.69, 9.17) is 9.84 Å². The van der Waals surface area contributed by atoms with Crippen LogP contribution in [0.3, 0.4) is 0 Å². The lowest BCUT2D eigenvalue weighted by Crippen LogP contribution is -2.32. The van der Waals surface area contributed by atoms with Crippen molar-refractivity contribution < 1.29 is 39.2 Å². The number of ketones is 2. The van der Waals surface area contributed by atoms with E-state index in [-0.39, 0.29) is 48.0 Å². The molecular formula is C32H52O8S. The maximum Gasteiger partial charge on any atom is 0.306 e. The van der Waals surface area contributed by atoms with Crippen LogP contribution in [0, 0.1) is 5.92 Å². The highest BCUT2D eigenvalue weighted by Gasteiger charge is 2.42. The Hall–Kier alpha value is -1.71. The Bertz CT molecular complexity index is 883.